The fraction of sp³-hybridized carbons (Fsp3) is 0.286. The van der Waals surface area contributed by atoms with Crippen LogP contribution in [0.2, 0.25) is 0 Å². The second-order valence-corrected chi connectivity index (χ2v) is 4.66. The molecule has 1 atom stereocenters. The predicted molar refractivity (Wildman–Crippen MR) is 74.7 cm³/mol. The highest BCUT2D eigenvalue weighted by Crippen LogP contribution is 2.37. The van der Waals surface area contributed by atoms with Gasteiger partial charge >= 0.3 is 6.18 Å². The van der Waals surface area contributed by atoms with Gasteiger partial charge in [-0.05, 0) is 12.5 Å². The zero-order valence-corrected chi connectivity index (χ0v) is 11.6. The lowest BCUT2D eigenvalue weighted by Gasteiger charge is -2.28. The predicted octanol–water partition coefficient (Wildman–Crippen LogP) is 3.28. The van der Waals surface area contributed by atoms with Crippen LogP contribution in [0.5, 0.6) is 0 Å². The monoisotopic (exact) mass is 296 g/mol. The number of rotatable bonds is 3. The fourth-order valence-electron chi connectivity index (χ4n) is 1.99. The summed E-state index contributed by atoms with van der Waals surface area (Å²) in [7, 11) is 1.55. The Balaban J connectivity index is 2.43. The van der Waals surface area contributed by atoms with Crippen molar-refractivity contribution < 1.29 is 13.2 Å². The number of nitrogens with zero attached hydrogens (tertiary/aromatic N) is 3. The lowest BCUT2D eigenvalue weighted by molar-refractivity contribution is -0.137. The second kappa shape index (κ2) is 5.59. The molecule has 0 aliphatic rings. The second-order valence-electron chi connectivity index (χ2n) is 4.66. The quantitative estimate of drug-likeness (QED) is 0.944. The Kier molecular flexibility index (Phi) is 4.02. The molecule has 0 fully saturated rings. The molecule has 1 aromatic carbocycles. The molecular formula is C14H15F3N4. The van der Waals surface area contributed by atoms with E-state index in [0.717, 1.165) is 5.56 Å². The Morgan fingerprint density at radius 3 is 2.38 bits per heavy atom. The van der Waals surface area contributed by atoms with Gasteiger partial charge in [0.1, 0.15) is 11.4 Å². The van der Waals surface area contributed by atoms with Crippen LogP contribution in [0.25, 0.3) is 0 Å². The minimum absolute atomic E-state index is 0.190. The third kappa shape index (κ3) is 3.24. The lowest BCUT2D eigenvalue weighted by Crippen LogP contribution is -2.26. The molecule has 0 saturated carbocycles. The largest absolute Gasteiger partial charge is 0.421 e. The van der Waals surface area contributed by atoms with E-state index in [2.05, 4.69) is 9.97 Å². The summed E-state index contributed by atoms with van der Waals surface area (Å²) >= 11 is 0. The highest BCUT2D eigenvalue weighted by atomic mass is 19.4. The molecule has 4 nitrogen and oxygen atoms in total. The summed E-state index contributed by atoms with van der Waals surface area (Å²) in [5.74, 6) is -0.420. The van der Waals surface area contributed by atoms with Crippen LogP contribution in [0.15, 0.2) is 36.5 Å². The van der Waals surface area contributed by atoms with Crippen molar-refractivity contribution in [1.82, 2.24) is 9.97 Å². The van der Waals surface area contributed by atoms with Crippen LogP contribution in [0.3, 0.4) is 0 Å². The third-order valence-electron chi connectivity index (χ3n) is 3.29. The first kappa shape index (κ1) is 15.1. The Morgan fingerprint density at radius 2 is 1.81 bits per heavy atom. The zero-order chi connectivity index (χ0) is 15.6. The number of nitrogens with two attached hydrogens (primary N) is 1. The van der Waals surface area contributed by atoms with Crippen LogP contribution in [-0.2, 0) is 6.18 Å². The summed E-state index contributed by atoms with van der Waals surface area (Å²) in [6.07, 6.45) is -3.82. The first-order valence-electron chi connectivity index (χ1n) is 6.28. The number of halogens is 3. The van der Waals surface area contributed by atoms with Gasteiger partial charge in [0, 0.05) is 13.2 Å². The van der Waals surface area contributed by atoms with Crippen LogP contribution < -0.4 is 10.6 Å². The van der Waals surface area contributed by atoms with Crippen molar-refractivity contribution in [3.63, 3.8) is 0 Å². The van der Waals surface area contributed by atoms with Gasteiger partial charge in [0.15, 0.2) is 0 Å². The first-order chi connectivity index (χ1) is 9.80. The van der Waals surface area contributed by atoms with Crippen LogP contribution in [0.1, 0.15) is 24.1 Å². The summed E-state index contributed by atoms with van der Waals surface area (Å²) in [6.45, 7) is 1.80. The molecule has 0 aliphatic heterocycles. The van der Waals surface area contributed by atoms with Crippen LogP contribution in [-0.4, -0.2) is 17.0 Å². The lowest BCUT2D eigenvalue weighted by atomic mass is 10.1. The fourth-order valence-corrected chi connectivity index (χ4v) is 1.99. The molecule has 0 aliphatic carbocycles. The summed E-state index contributed by atoms with van der Waals surface area (Å²) in [4.78, 5) is 8.64. The molecule has 112 valence electrons. The van der Waals surface area contributed by atoms with E-state index in [0.29, 0.717) is 6.20 Å². The molecule has 1 aromatic heterocycles. The molecular weight excluding hydrogens is 281 g/mol. The first-order valence-corrected chi connectivity index (χ1v) is 6.28. The zero-order valence-electron chi connectivity index (χ0n) is 11.6. The van der Waals surface area contributed by atoms with Gasteiger partial charge in [-0.15, -0.1) is 0 Å². The molecule has 7 heteroatoms. The van der Waals surface area contributed by atoms with E-state index in [4.69, 9.17) is 5.73 Å². The van der Waals surface area contributed by atoms with Crippen molar-refractivity contribution in [2.24, 2.45) is 0 Å². The number of hydrogen-bond acceptors (Lipinski definition) is 4. The minimum Gasteiger partial charge on any atom is -0.368 e. The third-order valence-corrected chi connectivity index (χ3v) is 3.29. The van der Waals surface area contributed by atoms with E-state index in [1.807, 2.05) is 30.3 Å². The van der Waals surface area contributed by atoms with Gasteiger partial charge in [0.05, 0.1) is 6.04 Å². The molecule has 1 heterocycles. The SMILES string of the molecule is C[C@H](c1ccccc1)N(C)c1nc(N)ncc1C(F)(F)F. The van der Waals surface area contributed by atoms with Crippen molar-refractivity contribution in [3.8, 4) is 0 Å². The van der Waals surface area contributed by atoms with Gasteiger partial charge in [-0.1, -0.05) is 30.3 Å². The van der Waals surface area contributed by atoms with Crippen molar-refractivity contribution in [3.05, 3.63) is 47.7 Å². The van der Waals surface area contributed by atoms with E-state index in [1.54, 1.807) is 14.0 Å². The van der Waals surface area contributed by atoms with Crippen LogP contribution >= 0.6 is 0 Å². The average molecular weight is 296 g/mol. The van der Waals surface area contributed by atoms with Crippen molar-refractivity contribution in [2.75, 3.05) is 17.7 Å². The number of aromatic nitrogens is 2. The van der Waals surface area contributed by atoms with E-state index in [9.17, 15) is 13.2 Å². The molecule has 0 radical (unpaired) electrons. The summed E-state index contributed by atoms with van der Waals surface area (Å²) in [5, 5.41) is 0. The Bertz CT molecular complexity index is 613. The van der Waals surface area contributed by atoms with Crippen molar-refractivity contribution >= 4 is 11.8 Å². The van der Waals surface area contributed by atoms with Gasteiger partial charge in [0.2, 0.25) is 5.95 Å². The summed E-state index contributed by atoms with van der Waals surface area (Å²) < 4.78 is 39.2. The number of nitrogen functional groups attached to an aromatic ring is 1. The van der Waals surface area contributed by atoms with E-state index < -0.39 is 11.7 Å². The van der Waals surface area contributed by atoms with Gasteiger partial charge in [-0.3, -0.25) is 0 Å². The molecule has 0 amide bonds. The summed E-state index contributed by atoms with van der Waals surface area (Å²) in [5.41, 5.74) is 5.41. The van der Waals surface area contributed by atoms with Gasteiger partial charge in [0.25, 0.3) is 0 Å². The number of hydrogen-bond donors (Lipinski definition) is 1. The molecule has 0 spiro atoms. The minimum atomic E-state index is -4.53. The Hall–Kier alpha value is -2.31. The maximum Gasteiger partial charge on any atom is 0.421 e. The maximum absolute atomic E-state index is 13.1. The summed E-state index contributed by atoms with van der Waals surface area (Å²) in [6, 6.07) is 8.91. The molecule has 0 saturated heterocycles. The van der Waals surface area contributed by atoms with Crippen molar-refractivity contribution in [1.29, 1.82) is 0 Å². The highest BCUT2D eigenvalue weighted by Gasteiger charge is 2.37. The van der Waals surface area contributed by atoms with Crippen molar-refractivity contribution in [2.45, 2.75) is 19.1 Å². The smallest absolute Gasteiger partial charge is 0.368 e. The van der Waals surface area contributed by atoms with E-state index >= 15 is 0 Å². The molecule has 0 unspecified atom stereocenters. The molecule has 2 aromatic rings. The molecule has 2 N–H and O–H groups in total. The maximum atomic E-state index is 13.1. The normalized spacial score (nSPS) is 13.0. The highest BCUT2D eigenvalue weighted by molar-refractivity contribution is 5.51. The molecule has 0 bridgehead atoms. The standard InChI is InChI=1S/C14H15F3N4/c1-9(10-6-4-3-5-7-10)21(2)12-11(14(15,16)17)8-19-13(18)20-12/h3-9H,1-2H3,(H2,18,19,20)/t9-/m1/s1. The van der Waals surface area contributed by atoms with E-state index in [-0.39, 0.29) is 17.8 Å². The van der Waals surface area contributed by atoms with Gasteiger partial charge in [-0.2, -0.15) is 18.2 Å². The van der Waals surface area contributed by atoms with Gasteiger partial charge in [-0.25, -0.2) is 4.98 Å². The average Bonchev–Trinajstić information content (AvgIpc) is 2.45. The Morgan fingerprint density at radius 1 is 1.19 bits per heavy atom. The van der Waals surface area contributed by atoms with E-state index in [1.165, 1.54) is 4.90 Å². The number of benzene rings is 1. The van der Waals surface area contributed by atoms with Crippen LogP contribution in [0.4, 0.5) is 24.9 Å². The number of alkyl halides is 3. The topological polar surface area (TPSA) is 55.0 Å². The Labute approximate surface area is 120 Å². The molecule has 2 rings (SSSR count). The van der Waals surface area contributed by atoms with Gasteiger partial charge < -0.3 is 10.6 Å². The van der Waals surface area contributed by atoms with Crippen LogP contribution in [0, 0.1) is 0 Å². The number of anilines is 2. The molecule has 21 heavy (non-hydrogen) atoms.